The molecule has 1 atom stereocenters. The van der Waals surface area contributed by atoms with Crippen molar-refractivity contribution in [3.8, 4) is 5.75 Å². The summed E-state index contributed by atoms with van der Waals surface area (Å²) in [7, 11) is 1.73. The highest BCUT2D eigenvalue weighted by Gasteiger charge is 2.10. The minimum atomic E-state index is 0.286. The van der Waals surface area contributed by atoms with Crippen molar-refractivity contribution in [2.75, 3.05) is 13.7 Å². The second-order valence-electron chi connectivity index (χ2n) is 5.16. The van der Waals surface area contributed by atoms with Gasteiger partial charge in [-0.05, 0) is 44.0 Å². The smallest absolute Gasteiger partial charge is 0.123 e. The largest absolute Gasteiger partial charge is 0.496 e. The standard InChI is InChI=1S/C18H23NO/c1-14-9-10-17(18(13-14)20-3)15(2)19-12-11-16-7-5-4-6-8-16/h4-10,13,15,19H,11-12H2,1-3H3. The maximum atomic E-state index is 5.47. The molecule has 2 heteroatoms. The molecule has 0 heterocycles. The van der Waals surface area contributed by atoms with Gasteiger partial charge in [0, 0.05) is 11.6 Å². The van der Waals surface area contributed by atoms with Crippen LogP contribution < -0.4 is 10.1 Å². The van der Waals surface area contributed by atoms with Crippen LogP contribution in [0, 0.1) is 6.92 Å². The van der Waals surface area contributed by atoms with E-state index in [4.69, 9.17) is 4.74 Å². The van der Waals surface area contributed by atoms with Gasteiger partial charge in [0.2, 0.25) is 0 Å². The van der Waals surface area contributed by atoms with Gasteiger partial charge in [0.25, 0.3) is 0 Å². The zero-order valence-corrected chi connectivity index (χ0v) is 12.5. The van der Waals surface area contributed by atoms with E-state index < -0.39 is 0 Å². The number of rotatable bonds is 6. The van der Waals surface area contributed by atoms with Gasteiger partial charge < -0.3 is 10.1 Å². The average molecular weight is 269 g/mol. The molecule has 0 aromatic heterocycles. The summed E-state index contributed by atoms with van der Waals surface area (Å²) in [4.78, 5) is 0. The first-order valence-electron chi connectivity index (χ1n) is 7.12. The summed E-state index contributed by atoms with van der Waals surface area (Å²) in [5, 5.41) is 3.56. The van der Waals surface area contributed by atoms with Gasteiger partial charge >= 0.3 is 0 Å². The fourth-order valence-electron chi connectivity index (χ4n) is 2.36. The first kappa shape index (κ1) is 14.6. The predicted octanol–water partition coefficient (Wildman–Crippen LogP) is 3.90. The van der Waals surface area contributed by atoms with E-state index in [1.54, 1.807) is 7.11 Å². The lowest BCUT2D eigenvalue weighted by atomic mass is 10.0. The van der Waals surface area contributed by atoms with Crippen molar-refractivity contribution in [1.29, 1.82) is 0 Å². The Balaban J connectivity index is 1.93. The van der Waals surface area contributed by atoms with E-state index in [9.17, 15) is 0 Å². The Morgan fingerprint density at radius 1 is 1.10 bits per heavy atom. The van der Waals surface area contributed by atoms with Crippen LogP contribution in [0.15, 0.2) is 48.5 Å². The van der Waals surface area contributed by atoms with Gasteiger partial charge in [0.1, 0.15) is 5.75 Å². The first-order valence-corrected chi connectivity index (χ1v) is 7.12. The highest BCUT2D eigenvalue weighted by molar-refractivity contribution is 5.39. The second kappa shape index (κ2) is 7.11. The van der Waals surface area contributed by atoms with Gasteiger partial charge in [-0.1, -0.05) is 42.5 Å². The summed E-state index contributed by atoms with van der Waals surface area (Å²) in [6.45, 7) is 5.22. The molecule has 0 aliphatic rings. The maximum absolute atomic E-state index is 5.47. The van der Waals surface area contributed by atoms with Crippen LogP contribution in [0.4, 0.5) is 0 Å². The summed E-state index contributed by atoms with van der Waals surface area (Å²) >= 11 is 0. The third kappa shape index (κ3) is 3.84. The molecule has 20 heavy (non-hydrogen) atoms. The molecule has 0 spiro atoms. The summed E-state index contributed by atoms with van der Waals surface area (Å²) in [6.07, 6.45) is 1.04. The molecule has 0 saturated heterocycles. The molecule has 0 bridgehead atoms. The molecule has 0 aliphatic carbocycles. The molecular formula is C18H23NO. The van der Waals surface area contributed by atoms with Crippen LogP contribution in [0.2, 0.25) is 0 Å². The summed E-state index contributed by atoms with van der Waals surface area (Å²) in [6, 6.07) is 17.2. The molecule has 1 N–H and O–H groups in total. The highest BCUT2D eigenvalue weighted by Crippen LogP contribution is 2.25. The summed E-state index contributed by atoms with van der Waals surface area (Å²) in [5.41, 5.74) is 3.80. The molecule has 2 aromatic carbocycles. The number of methoxy groups -OCH3 is 1. The zero-order valence-electron chi connectivity index (χ0n) is 12.5. The Hall–Kier alpha value is -1.80. The lowest BCUT2D eigenvalue weighted by Gasteiger charge is -2.18. The van der Waals surface area contributed by atoms with Gasteiger partial charge in [-0.3, -0.25) is 0 Å². The van der Waals surface area contributed by atoms with Gasteiger partial charge in [0.05, 0.1) is 7.11 Å². The molecule has 0 radical (unpaired) electrons. The number of nitrogens with one attached hydrogen (secondary N) is 1. The lowest BCUT2D eigenvalue weighted by Crippen LogP contribution is -2.21. The van der Waals surface area contributed by atoms with Crippen LogP contribution in [0.5, 0.6) is 5.75 Å². The monoisotopic (exact) mass is 269 g/mol. The lowest BCUT2D eigenvalue weighted by molar-refractivity contribution is 0.401. The Kier molecular flexibility index (Phi) is 5.19. The van der Waals surface area contributed by atoms with E-state index >= 15 is 0 Å². The van der Waals surface area contributed by atoms with Gasteiger partial charge in [0.15, 0.2) is 0 Å². The molecule has 106 valence electrons. The summed E-state index contributed by atoms with van der Waals surface area (Å²) in [5.74, 6) is 0.963. The third-order valence-electron chi connectivity index (χ3n) is 3.56. The predicted molar refractivity (Wildman–Crippen MR) is 84.3 cm³/mol. The fourth-order valence-corrected chi connectivity index (χ4v) is 2.36. The van der Waals surface area contributed by atoms with Gasteiger partial charge in [-0.2, -0.15) is 0 Å². The van der Waals surface area contributed by atoms with Crippen LogP contribution in [-0.2, 0) is 6.42 Å². The quantitative estimate of drug-likeness (QED) is 0.859. The van der Waals surface area contributed by atoms with Crippen molar-refractivity contribution in [2.24, 2.45) is 0 Å². The molecule has 0 saturated carbocycles. The van der Waals surface area contributed by atoms with Gasteiger partial charge in [-0.25, -0.2) is 0 Å². The van der Waals surface area contributed by atoms with Crippen molar-refractivity contribution >= 4 is 0 Å². The molecule has 2 nitrogen and oxygen atoms in total. The Bertz CT molecular complexity index is 536. The zero-order chi connectivity index (χ0) is 14.4. The molecule has 0 amide bonds. The molecular weight excluding hydrogens is 246 g/mol. The normalized spacial score (nSPS) is 12.2. The van der Waals surface area contributed by atoms with E-state index in [0.717, 1.165) is 18.7 Å². The van der Waals surface area contributed by atoms with Crippen molar-refractivity contribution in [2.45, 2.75) is 26.3 Å². The molecule has 0 aliphatic heterocycles. The van der Waals surface area contributed by atoms with E-state index in [0.29, 0.717) is 0 Å². The van der Waals surface area contributed by atoms with Crippen molar-refractivity contribution in [3.05, 3.63) is 65.2 Å². The van der Waals surface area contributed by atoms with Crippen LogP contribution in [-0.4, -0.2) is 13.7 Å². The van der Waals surface area contributed by atoms with Crippen LogP contribution in [0.3, 0.4) is 0 Å². The average Bonchev–Trinajstić information content (AvgIpc) is 2.48. The fraction of sp³-hybridized carbons (Fsp3) is 0.333. The summed E-state index contributed by atoms with van der Waals surface area (Å²) < 4.78 is 5.47. The number of aryl methyl sites for hydroxylation is 1. The van der Waals surface area contributed by atoms with Crippen molar-refractivity contribution in [1.82, 2.24) is 5.32 Å². The topological polar surface area (TPSA) is 21.3 Å². The Morgan fingerprint density at radius 2 is 1.85 bits per heavy atom. The van der Waals surface area contributed by atoms with Gasteiger partial charge in [-0.15, -0.1) is 0 Å². The SMILES string of the molecule is COc1cc(C)ccc1C(C)NCCc1ccccc1. The van der Waals surface area contributed by atoms with E-state index in [2.05, 4.69) is 67.7 Å². The van der Waals surface area contributed by atoms with Crippen LogP contribution in [0.1, 0.15) is 29.7 Å². The molecule has 2 aromatic rings. The molecule has 2 rings (SSSR count). The number of ether oxygens (including phenoxy) is 1. The molecule has 1 unspecified atom stereocenters. The molecule has 0 fully saturated rings. The van der Waals surface area contributed by atoms with E-state index in [1.807, 2.05) is 0 Å². The first-order chi connectivity index (χ1) is 9.70. The Morgan fingerprint density at radius 3 is 2.55 bits per heavy atom. The van der Waals surface area contributed by atoms with Crippen LogP contribution >= 0.6 is 0 Å². The maximum Gasteiger partial charge on any atom is 0.123 e. The number of hydrogen-bond donors (Lipinski definition) is 1. The van der Waals surface area contributed by atoms with E-state index in [-0.39, 0.29) is 6.04 Å². The minimum absolute atomic E-state index is 0.286. The van der Waals surface area contributed by atoms with Crippen LogP contribution in [0.25, 0.3) is 0 Å². The van der Waals surface area contributed by atoms with Crippen molar-refractivity contribution in [3.63, 3.8) is 0 Å². The minimum Gasteiger partial charge on any atom is -0.496 e. The number of benzene rings is 2. The van der Waals surface area contributed by atoms with E-state index in [1.165, 1.54) is 16.7 Å². The Labute approximate surface area is 121 Å². The van der Waals surface area contributed by atoms with Crippen molar-refractivity contribution < 1.29 is 4.74 Å². The highest BCUT2D eigenvalue weighted by atomic mass is 16.5. The third-order valence-corrected chi connectivity index (χ3v) is 3.56. The second-order valence-corrected chi connectivity index (χ2v) is 5.16. The number of hydrogen-bond acceptors (Lipinski definition) is 2.